The van der Waals surface area contributed by atoms with Crippen LogP contribution < -0.4 is 4.74 Å². The molecule has 0 aliphatic carbocycles. The molecule has 0 spiro atoms. The molecule has 0 saturated heterocycles. The number of ether oxygens (including phenoxy) is 1. The molecule has 0 aliphatic rings. The zero-order valence-corrected chi connectivity index (χ0v) is 11.7. The SMILES string of the molecule is COc1ccc(Br)c(CSc2ncns2)c1. The molecule has 16 heavy (non-hydrogen) atoms. The second-order valence-electron chi connectivity index (χ2n) is 2.95. The number of hydrogen-bond donors (Lipinski definition) is 0. The molecule has 3 nitrogen and oxygen atoms in total. The molecule has 1 heterocycles. The van der Waals surface area contributed by atoms with E-state index >= 15 is 0 Å². The Morgan fingerprint density at radius 1 is 1.50 bits per heavy atom. The van der Waals surface area contributed by atoms with Crippen molar-refractivity contribution in [2.75, 3.05) is 7.11 Å². The molecule has 0 radical (unpaired) electrons. The van der Waals surface area contributed by atoms with E-state index in [1.54, 1.807) is 25.2 Å². The van der Waals surface area contributed by atoms with E-state index in [0.717, 1.165) is 20.3 Å². The van der Waals surface area contributed by atoms with Crippen molar-refractivity contribution in [1.29, 1.82) is 0 Å². The fraction of sp³-hybridized carbons (Fsp3) is 0.200. The van der Waals surface area contributed by atoms with Gasteiger partial charge in [-0.1, -0.05) is 27.7 Å². The van der Waals surface area contributed by atoms with Crippen LogP contribution in [0.25, 0.3) is 0 Å². The van der Waals surface area contributed by atoms with Crippen LogP contribution >= 0.6 is 39.2 Å². The molecule has 0 unspecified atom stereocenters. The predicted octanol–water partition coefficient (Wildman–Crippen LogP) is 3.60. The maximum absolute atomic E-state index is 5.19. The number of thioether (sulfide) groups is 1. The lowest BCUT2D eigenvalue weighted by Crippen LogP contribution is -1.87. The Hall–Kier alpha value is -0.590. The third kappa shape index (κ3) is 2.96. The lowest BCUT2D eigenvalue weighted by Gasteiger charge is -2.05. The predicted molar refractivity (Wildman–Crippen MR) is 70.2 cm³/mol. The van der Waals surface area contributed by atoms with E-state index in [1.165, 1.54) is 17.1 Å². The van der Waals surface area contributed by atoms with E-state index in [4.69, 9.17) is 4.74 Å². The van der Waals surface area contributed by atoms with E-state index in [-0.39, 0.29) is 0 Å². The highest BCUT2D eigenvalue weighted by molar-refractivity contribution is 9.10. The Morgan fingerprint density at radius 2 is 2.38 bits per heavy atom. The molecule has 0 fully saturated rings. The van der Waals surface area contributed by atoms with Crippen molar-refractivity contribution in [2.24, 2.45) is 0 Å². The minimum atomic E-state index is 0.854. The summed E-state index contributed by atoms with van der Waals surface area (Å²) in [6, 6.07) is 5.95. The number of halogens is 1. The van der Waals surface area contributed by atoms with Crippen molar-refractivity contribution in [2.45, 2.75) is 10.1 Å². The van der Waals surface area contributed by atoms with Crippen LogP contribution in [0.4, 0.5) is 0 Å². The van der Waals surface area contributed by atoms with Gasteiger partial charge >= 0.3 is 0 Å². The zero-order chi connectivity index (χ0) is 11.4. The first-order chi connectivity index (χ1) is 7.79. The minimum absolute atomic E-state index is 0.854. The summed E-state index contributed by atoms with van der Waals surface area (Å²) >= 11 is 6.61. The maximum Gasteiger partial charge on any atom is 0.170 e. The molecule has 2 aromatic rings. The molecular formula is C10H9BrN2OS2. The fourth-order valence-electron chi connectivity index (χ4n) is 1.15. The largest absolute Gasteiger partial charge is 0.497 e. The molecule has 1 aromatic heterocycles. The third-order valence-electron chi connectivity index (χ3n) is 1.95. The van der Waals surface area contributed by atoms with Crippen LogP contribution in [0.2, 0.25) is 0 Å². The van der Waals surface area contributed by atoms with Crippen LogP contribution in [0, 0.1) is 0 Å². The average Bonchev–Trinajstić information content (AvgIpc) is 2.81. The smallest absolute Gasteiger partial charge is 0.170 e. The molecule has 0 N–H and O–H groups in total. The zero-order valence-electron chi connectivity index (χ0n) is 8.51. The third-order valence-corrected chi connectivity index (χ3v) is 4.56. The molecule has 2 rings (SSSR count). The normalized spacial score (nSPS) is 10.4. The second kappa shape index (κ2) is 5.65. The molecule has 1 aromatic carbocycles. The number of hydrogen-bond acceptors (Lipinski definition) is 5. The lowest BCUT2D eigenvalue weighted by molar-refractivity contribution is 0.414. The van der Waals surface area contributed by atoms with Crippen LogP contribution in [-0.2, 0) is 5.75 Å². The van der Waals surface area contributed by atoms with Crippen molar-refractivity contribution < 1.29 is 4.74 Å². The van der Waals surface area contributed by atoms with Gasteiger partial charge in [-0.15, -0.1) is 0 Å². The first kappa shape index (κ1) is 11.9. The first-order valence-electron chi connectivity index (χ1n) is 4.51. The number of rotatable bonds is 4. The minimum Gasteiger partial charge on any atom is -0.497 e. The Morgan fingerprint density at radius 3 is 3.06 bits per heavy atom. The molecule has 0 aliphatic heterocycles. The maximum atomic E-state index is 5.19. The highest BCUT2D eigenvalue weighted by atomic mass is 79.9. The van der Waals surface area contributed by atoms with Gasteiger partial charge in [-0.25, -0.2) is 4.98 Å². The van der Waals surface area contributed by atoms with Gasteiger partial charge in [0.15, 0.2) is 4.34 Å². The summed E-state index contributed by atoms with van der Waals surface area (Å²) < 4.78 is 11.2. The van der Waals surface area contributed by atoms with Crippen molar-refractivity contribution in [3.05, 3.63) is 34.6 Å². The van der Waals surface area contributed by atoms with Gasteiger partial charge in [0.2, 0.25) is 0 Å². The number of aromatic nitrogens is 2. The molecule has 0 atom stereocenters. The van der Waals surface area contributed by atoms with Crippen molar-refractivity contribution >= 4 is 39.2 Å². The van der Waals surface area contributed by atoms with Crippen LogP contribution in [0.5, 0.6) is 5.75 Å². The highest BCUT2D eigenvalue weighted by Crippen LogP contribution is 2.29. The lowest BCUT2D eigenvalue weighted by atomic mass is 10.2. The molecule has 84 valence electrons. The van der Waals surface area contributed by atoms with Gasteiger partial charge in [-0.2, -0.15) is 4.37 Å². The molecule has 0 saturated carbocycles. The van der Waals surface area contributed by atoms with Gasteiger partial charge < -0.3 is 4.74 Å². The summed E-state index contributed by atoms with van der Waals surface area (Å²) in [6.07, 6.45) is 1.58. The summed E-state index contributed by atoms with van der Waals surface area (Å²) in [5.41, 5.74) is 1.19. The quantitative estimate of drug-likeness (QED) is 0.807. The summed E-state index contributed by atoms with van der Waals surface area (Å²) in [7, 11) is 1.67. The van der Waals surface area contributed by atoms with Crippen LogP contribution in [0.15, 0.2) is 33.3 Å². The standard InChI is InChI=1S/C10H9BrN2OS2/c1-14-8-2-3-9(11)7(4-8)5-15-10-12-6-13-16-10/h2-4,6H,5H2,1H3. The summed E-state index contributed by atoms with van der Waals surface area (Å²) in [6.45, 7) is 0. The Bertz CT molecular complexity index is 462. The molecule has 6 heteroatoms. The highest BCUT2D eigenvalue weighted by Gasteiger charge is 2.04. The van der Waals surface area contributed by atoms with Gasteiger partial charge in [0.25, 0.3) is 0 Å². The van der Waals surface area contributed by atoms with Crippen LogP contribution in [0.1, 0.15) is 5.56 Å². The number of nitrogens with zero attached hydrogens (tertiary/aromatic N) is 2. The molecular weight excluding hydrogens is 308 g/mol. The van der Waals surface area contributed by atoms with E-state index in [2.05, 4.69) is 25.3 Å². The Labute approximate surface area is 111 Å². The van der Waals surface area contributed by atoms with Crippen LogP contribution in [-0.4, -0.2) is 16.5 Å². The van der Waals surface area contributed by atoms with E-state index in [0.29, 0.717) is 0 Å². The fourth-order valence-corrected chi connectivity index (χ4v) is 3.16. The Kier molecular flexibility index (Phi) is 4.20. The van der Waals surface area contributed by atoms with E-state index in [1.807, 2.05) is 18.2 Å². The topological polar surface area (TPSA) is 35.0 Å². The Balaban J connectivity index is 2.08. The van der Waals surface area contributed by atoms with E-state index < -0.39 is 0 Å². The van der Waals surface area contributed by atoms with Crippen molar-refractivity contribution in [3.8, 4) is 5.75 Å². The van der Waals surface area contributed by atoms with E-state index in [9.17, 15) is 0 Å². The monoisotopic (exact) mass is 316 g/mol. The van der Waals surface area contributed by atoms with Gasteiger partial charge in [-0.3, -0.25) is 0 Å². The van der Waals surface area contributed by atoms with Crippen LogP contribution in [0.3, 0.4) is 0 Å². The van der Waals surface area contributed by atoms with Gasteiger partial charge in [0.05, 0.1) is 7.11 Å². The summed E-state index contributed by atoms with van der Waals surface area (Å²) in [5, 5.41) is 0. The summed E-state index contributed by atoms with van der Waals surface area (Å²) in [5.74, 6) is 1.73. The molecule has 0 bridgehead atoms. The number of methoxy groups -OCH3 is 1. The van der Waals surface area contributed by atoms with Crippen molar-refractivity contribution in [3.63, 3.8) is 0 Å². The number of benzene rings is 1. The van der Waals surface area contributed by atoms with Gasteiger partial charge in [0.1, 0.15) is 12.1 Å². The van der Waals surface area contributed by atoms with Gasteiger partial charge in [0, 0.05) is 10.2 Å². The average molecular weight is 317 g/mol. The second-order valence-corrected chi connectivity index (χ2v) is 5.81. The van der Waals surface area contributed by atoms with Crippen molar-refractivity contribution in [1.82, 2.24) is 9.36 Å². The molecule has 0 amide bonds. The first-order valence-corrected chi connectivity index (χ1v) is 7.06. The summed E-state index contributed by atoms with van der Waals surface area (Å²) in [4.78, 5) is 4.13. The van der Waals surface area contributed by atoms with Gasteiger partial charge in [-0.05, 0) is 35.3 Å².